The molecule has 1 saturated carbocycles. The summed E-state index contributed by atoms with van der Waals surface area (Å²) >= 11 is 0. The first kappa shape index (κ1) is 18.9. The van der Waals surface area contributed by atoms with Gasteiger partial charge in [0.25, 0.3) is 0 Å². The van der Waals surface area contributed by atoms with E-state index in [9.17, 15) is 0 Å². The summed E-state index contributed by atoms with van der Waals surface area (Å²) in [6, 6.07) is -1.67. The number of amides is 4. The number of nitrogens with two attached hydrogens (primary N) is 4. The van der Waals surface area contributed by atoms with E-state index in [1.165, 1.54) is 44.9 Å². The highest BCUT2D eigenvalue weighted by molar-refractivity contribution is 5.69. The summed E-state index contributed by atoms with van der Waals surface area (Å²) in [6.45, 7) is 4.71. The highest BCUT2D eigenvalue weighted by atomic mass is 16.2. The first-order chi connectivity index (χ1) is 8.29. The topological polar surface area (TPSA) is 138 Å². The van der Waals surface area contributed by atoms with E-state index >= 15 is 0 Å². The predicted molar refractivity (Wildman–Crippen MR) is 73.6 cm³/mol. The van der Waals surface area contributed by atoms with Crippen molar-refractivity contribution >= 4 is 12.1 Å². The van der Waals surface area contributed by atoms with E-state index < -0.39 is 12.1 Å². The minimum Gasteiger partial charge on any atom is -0.352 e. The minimum absolute atomic E-state index is 0.762. The molecule has 1 aliphatic carbocycles. The van der Waals surface area contributed by atoms with Gasteiger partial charge < -0.3 is 22.9 Å². The van der Waals surface area contributed by atoms with Crippen LogP contribution in [0.4, 0.5) is 9.59 Å². The summed E-state index contributed by atoms with van der Waals surface area (Å²) in [5.74, 6) is 0. The second-order valence-corrected chi connectivity index (χ2v) is 4.57. The molecule has 0 aliphatic heterocycles. The molecule has 1 fully saturated rings. The van der Waals surface area contributed by atoms with Crippen molar-refractivity contribution in [1.82, 2.24) is 0 Å². The van der Waals surface area contributed by atoms with Gasteiger partial charge >= 0.3 is 12.1 Å². The van der Waals surface area contributed by atoms with Crippen molar-refractivity contribution in [3.05, 3.63) is 0 Å². The van der Waals surface area contributed by atoms with Crippen molar-refractivity contribution in [2.24, 2.45) is 28.3 Å². The number of carbonyl (C=O) groups is 2. The van der Waals surface area contributed by atoms with E-state index in [2.05, 4.69) is 36.8 Å². The van der Waals surface area contributed by atoms with Gasteiger partial charge in [-0.3, -0.25) is 0 Å². The molecule has 6 nitrogen and oxygen atoms in total. The molecule has 0 atom stereocenters. The summed E-state index contributed by atoms with van der Waals surface area (Å²) in [7, 11) is 0. The highest BCUT2D eigenvalue weighted by Crippen LogP contribution is 2.41. The van der Waals surface area contributed by atoms with Gasteiger partial charge in [-0.15, -0.1) is 0 Å². The van der Waals surface area contributed by atoms with E-state index in [1.807, 2.05) is 0 Å². The molecule has 108 valence electrons. The first-order valence-corrected chi connectivity index (χ1v) is 6.39. The van der Waals surface area contributed by atoms with Crippen LogP contribution in [0.25, 0.3) is 0 Å². The Labute approximate surface area is 109 Å². The minimum atomic E-state index is -0.833. The van der Waals surface area contributed by atoms with Crippen LogP contribution < -0.4 is 22.9 Å². The molecule has 0 spiro atoms. The molecular weight excluding hydrogens is 232 g/mol. The molecule has 1 rings (SSSR count). The lowest BCUT2D eigenvalue weighted by Crippen LogP contribution is -2.21. The fraction of sp³-hybridized carbons (Fsp3) is 0.833. The molecule has 0 aromatic carbocycles. The van der Waals surface area contributed by atoms with Gasteiger partial charge in [-0.1, -0.05) is 46.0 Å². The van der Waals surface area contributed by atoms with E-state index in [-0.39, 0.29) is 0 Å². The molecule has 0 aromatic heterocycles. The molecule has 0 unspecified atom stereocenters. The van der Waals surface area contributed by atoms with Crippen molar-refractivity contribution in [2.75, 3.05) is 0 Å². The van der Waals surface area contributed by atoms with Crippen LogP contribution in [0.5, 0.6) is 0 Å². The van der Waals surface area contributed by atoms with Crippen molar-refractivity contribution in [2.45, 2.75) is 58.8 Å². The summed E-state index contributed by atoms with van der Waals surface area (Å²) < 4.78 is 0. The fourth-order valence-electron chi connectivity index (χ4n) is 2.26. The lowest BCUT2D eigenvalue weighted by molar-refractivity contribution is 0.173. The maximum Gasteiger partial charge on any atom is 0.309 e. The quantitative estimate of drug-likeness (QED) is 0.601. The van der Waals surface area contributed by atoms with E-state index in [1.54, 1.807) is 0 Å². The van der Waals surface area contributed by atoms with Crippen LogP contribution in [0.1, 0.15) is 58.8 Å². The van der Waals surface area contributed by atoms with Gasteiger partial charge in [0.15, 0.2) is 0 Å². The summed E-state index contributed by atoms with van der Waals surface area (Å²) in [6.07, 6.45) is 10.3. The maximum absolute atomic E-state index is 9.00. The molecular formula is C12H28N4O2. The molecule has 0 heterocycles. The molecule has 4 amide bonds. The standard InChI is InChI=1S/C10H20.2CH4N2O/c1-3-10(4-2)8-6-5-7-9-10;2*2-1(3)4/h3-9H2,1-2H3;2*(H4,2,3,4). The van der Waals surface area contributed by atoms with Crippen molar-refractivity contribution in [3.8, 4) is 0 Å². The van der Waals surface area contributed by atoms with Gasteiger partial charge in [0.1, 0.15) is 0 Å². The number of hydrogen-bond donors (Lipinski definition) is 4. The molecule has 18 heavy (non-hydrogen) atoms. The van der Waals surface area contributed by atoms with Crippen LogP contribution in [0.2, 0.25) is 0 Å². The van der Waals surface area contributed by atoms with Crippen molar-refractivity contribution < 1.29 is 9.59 Å². The van der Waals surface area contributed by atoms with Crippen molar-refractivity contribution in [3.63, 3.8) is 0 Å². The summed E-state index contributed by atoms with van der Waals surface area (Å²) in [5.41, 5.74) is 17.8. The van der Waals surface area contributed by atoms with Gasteiger partial charge in [0, 0.05) is 0 Å². The Bertz CT molecular complexity index is 212. The SMILES string of the molecule is CCC1(CC)CCCCC1.NC(N)=O.NC(N)=O. The maximum atomic E-state index is 9.00. The van der Waals surface area contributed by atoms with E-state index in [0.29, 0.717) is 0 Å². The van der Waals surface area contributed by atoms with Crippen LogP contribution in [0.3, 0.4) is 0 Å². The second kappa shape index (κ2) is 10.7. The number of carbonyl (C=O) groups excluding carboxylic acids is 2. The molecule has 6 heteroatoms. The van der Waals surface area contributed by atoms with Crippen LogP contribution in [0, 0.1) is 5.41 Å². The summed E-state index contributed by atoms with van der Waals surface area (Å²) in [5, 5.41) is 0. The normalized spacial score (nSPS) is 16.3. The Morgan fingerprint density at radius 2 is 1.11 bits per heavy atom. The Morgan fingerprint density at radius 3 is 1.28 bits per heavy atom. The van der Waals surface area contributed by atoms with Crippen LogP contribution in [-0.2, 0) is 0 Å². The largest absolute Gasteiger partial charge is 0.352 e. The molecule has 0 radical (unpaired) electrons. The zero-order valence-corrected chi connectivity index (χ0v) is 11.6. The first-order valence-electron chi connectivity index (χ1n) is 6.39. The van der Waals surface area contributed by atoms with Crippen LogP contribution in [0.15, 0.2) is 0 Å². The predicted octanol–water partition coefficient (Wildman–Crippen LogP) is 1.80. The van der Waals surface area contributed by atoms with Crippen LogP contribution in [-0.4, -0.2) is 12.1 Å². The lowest BCUT2D eigenvalue weighted by Gasteiger charge is -2.35. The zero-order valence-electron chi connectivity index (χ0n) is 11.6. The number of hydrogen-bond acceptors (Lipinski definition) is 2. The number of primary amides is 4. The average Bonchev–Trinajstić information content (AvgIpc) is 2.28. The van der Waals surface area contributed by atoms with Crippen molar-refractivity contribution in [1.29, 1.82) is 0 Å². The highest BCUT2D eigenvalue weighted by Gasteiger charge is 2.27. The number of rotatable bonds is 2. The third kappa shape index (κ3) is 12.6. The molecule has 0 aromatic rings. The Morgan fingerprint density at radius 1 is 0.833 bits per heavy atom. The zero-order chi connectivity index (χ0) is 14.6. The van der Waals surface area contributed by atoms with Gasteiger partial charge in [-0.2, -0.15) is 0 Å². The molecule has 8 N–H and O–H groups in total. The lowest BCUT2D eigenvalue weighted by atomic mass is 9.71. The third-order valence-electron chi connectivity index (χ3n) is 3.41. The van der Waals surface area contributed by atoms with Gasteiger partial charge in [-0.05, 0) is 18.3 Å². The molecule has 0 saturated heterocycles. The smallest absolute Gasteiger partial charge is 0.309 e. The summed E-state index contributed by atoms with van der Waals surface area (Å²) in [4.78, 5) is 18.0. The average molecular weight is 260 g/mol. The van der Waals surface area contributed by atoms with Gasteiger partial charge in [-0.25, -0.2) is 9.59 Å². The Kier molecular flexibility index (Phi) is 11.2. The fourth-order valence-corrected chi connectivity index (χ4v) is 2.26. The van der Waals surface area contributed by atoms with E-state index in [0.717, 1.165) is 5.41 Å². The molecule has 0 bridgehead atoms. The van der Waals surface area contributed by atoms with Gasteiger partial charge in [0.2, 0.25) is 0 Å². The third-order valence-corrected chi connectivity index (χ3v) is 3.41. The molecule has 1 aliphatic rings. The monoisotopic (exact) mass is 260 g/mol. The second-order valence-electron chi connectivity index (χ2n) is 4.57. The van der Waals surface area contributed by atoms with Gasteiger partial charge in [0.05, 0.1) is 0 Å². The number of urea groups is 2. The van der Waals surface area contributed by atoms with E-state index in [4.69, 9.17) is 9.59 Å². The Balaban J connectivity index is 0. The van der Waals surface area contributed by atoms with Crippen LogP contribution >= 0.6 is 0 Å². The Hall–Kier alpha value is -1.46.